The van der Waals surface area contributed by atoms with Gasteiger partial charge in [0.25, 0.3) is 0 Å². The SMILES string of the molecule is C[C@@H]1CCC[C@H](C)N1CC(=O)c1cccc(F)c1. The van der Waals surface area contributed by atoms with Gasteiger partial charge < -0.3 is 0 Å². The molecule has 1 aromatic rings. The Morgan fingerprint density at radius 3 is 2.61 bits per heavy atom. The van der Waals surface area contributed by atoms with Crippen LogP contribution in [0.2, 0.25) is 0 Å². The van der Waals surface area contributed by atoms with E-state index in [2.05, 4.69) is 18.7 Å². The molecule has 0 aliphatic carbocycles. The van der Waals surface area contributed by atoms with Gasteiger partial charge in [-0.05, 0) is 38.8 Å². The number of carbonyl (C=O) groups excluding carboxylic acids is 1. The highest BCUT2D eigenvalue weighted by atomic mass is 19.1. The number of carbonyl (C=O) groups is 1. The Morgan fingerprint density at radius 2 is 2.00 bits per heavy atom. The van der Waals surface area contributed by atoms with Crippen LogP contribution in [0.4, 0.5) is 4.39 Å². The second-order valence-electron chi connectivity index (χ2n) is 5.23. The molecule has 98 valence electrons. The highest BCUT2D eigenvalue weighted by Crippen LogP contribution is 2.22. The van der Waals surface area contributed by atoms with Crippen LogP contribution in [0.3, 0.4) is 0 Å². The molecule has 1 saturated heterocycles. The van der Waals surface area contributed by atoms with E-state index in [9.17, 15) is 9.18 Å². The molecule has 0 spiro atoms. The first-order chi connectivity index (χ1) is 8.58. The molecule has 18 heavy (non-hydrogen) atoms. The fourth-order valence-corrected chi connectivity index (χ4v) is 2.71. The Hall–Kier alpha value is -1.22. The zero-order valence-electron chi connectivity index (χ0n) is 11.0. The first-order valence-electron chi connectivity index (χ1n) is 6.62. The summed E-state index contributed by atoms with van der Waals surface area (Å²) in [6.07, 6.45) is 3.51. The van der Waals surface area contributed by atoms with Gasteiger partial charge in [-0.15, -0.1) is 0 Å². The smallest absolute Gasteiger partial charge is 0.176 e. The summed E-state index contributed by atoms with van der Waals surface area (Å²) in [6, 6.07) is 6.83. The van der Waals surface area contributed by atoms with E-state index in [1.807, 2.05) is 0 Å². The van der Waals surface area contributed by atoms with Gasteiger partial charge in [0.15, 0.2) is 5.78 Å². The van der Waals surface area contributed by atoms with Crippen molar-refractivity contribution >= 4 is 5.78 Å². The number of likely N-dealkylation sites (tertiary alicyclic amines) is 1. The number of benzene rings is 1. The largest absolute Gasteiger partial charge is 0.293 e. The summed E-state index contributed by atoms with van der Waals surface area (Å²) >= 11 is 0. The van der Waals surface area contributed by atoms with Crippen LogP contribution < -0.4 is 0 Å². The summed E-state index contributed by atoms with van der Waals surface area (Å²) in [5, 5.41) is 0. The molecule has 0 amide bonds. The Labute approximate surface area is 108 Å². The molecule has 1 fully saturated rings. The molecule has 2 nitrogen and oxygen atoms in total. The number of rotatable bonds is 3. The third kappa shape index (κ3) is 2.96. The number of hydrogen-bond acceptors (Lipinski definition) is 2. The predicted octanol–water partition coefficient (Wildman–Crippen LogP) is 3.27. The topological polar surface area (TPSA) is 20.3 Å². The van der Waals surface area contributed by atoms with Crippen molar-refractivity contribution in [1.82, 2.24) is 4.90 Å². The fraction of sp³-hybridized carbons (Fsp3) is 0.533. The lowest BCUT2D eigenvalue weighted by Crippen LogP contribution is -2.46. The Kier molecular flexibility index (Phi) is 4.12. The number of piperidine rings is 1. The zero-order valence-corrected chi connectivity index (χ0v) is 11.0. The van der Waals surface area contributed by atoms with Gasteiger partial charge in [0.05, 0.1) is 6.54 Å². The second kappa shape index (κ2) is 5.61. The van der Waals surface area contributed by atoms with Gasteiger partial charge in [-0.2, -0.15) is 0 Å². The van der Waals surface area contributed by atoms with E-state index in [1.54, 1.807) is 12.1 Å². The molecule has 2 rings (SSSR count). The van der Waals surface area contributed by atoms with Crippen LogP contribution in [-0.4, -0.2) is 29.3 Å². The van der Waals surface area contributed by atoms with Gasteiger partial charge in [0.1, 0.15) is 5.82 Å². The molecule has 0 unspecified atom stereocenters. The minimum Gasteiger partial charge on any atom is -0.293 e. The Balaban J connectivity index is 2.06. The maximum atomic E-state index is 13.1. The number of halogens is 1. The molecule has 3 heteroatoms. The standard InChI is InChI=1S/C15H20FNO/c1-11-5-3-6-12(2)17(11)10-15(18)13-7-4-8-14(16)9-13/h4,7-9,11-12H,3,5-6,10H2,1-2H3/t11-,12+. The van der Waals surface area contributed by atoms with Crippen LogP contribution in [0.15, 0.2) is 24.3 Å². The van der Waals surface area contributed by atoms with Crippen molar-refractivity contribution in [3.8, 4) is 0 Å². The molecular weight excluding hydrogens is 229 g/mol. The Morgan fingerprint density at radius 1 is 1.33 bits per heavy atom. The molecule has 0 aromatic heterocycles. The van der Waals surface area contributed by atoms with Crippen molar-refractivity contribution in [2.24, 2.45) is 0 Å². The minimum absolute atomic E-state index is 0.00935. The summed E-state index contributed by atoms with van der Waals surface area (Å²) in [4.78, 5) is 14.4. The summed E-state index contributed by atoms with van der Waals surface area (Å²) in [6.45, 7) is 4.72. The van der Waals surface area contributed by atoms with E-state index in [0.717, 1.165) is 12.8 Å². The Bertz CT molecular complexity index is 422. The van der Waals surface area contributed by atoms with E-state index >= 15 is 0 Å². The summed E-state index contributed by atoms with van der Waals surface area (Å²) in [7, 11) is 0. The summed E-state index contributed by atoms with van der Waals surface area (Å²) in [5.74, 6) is -0.337. The van der Waals surface area contributed by atoms with E-state index < -0.39 is 0 Å². The molecule has 1 heterocycles. The van der Waals surface area contributed by atoms with E-state index in [-0.39, 0.29) is 11.6 Å². The third-order valence-electron chi connectivity index (χ3n) is 3.85. The van der Waals surface area contributed by atoms with Crippen molar-refractivity contribution < 1.29 is 9.18 Å². The molecule has 0 bridgehead atoms. The molecule has 1 aliphatic rings. The molecular formula is C15H20FNO. The normalized spacial score (nSPS) is 25.1. The third-order valence-corrected chi connectivity index (χ3v) is 3.85. The highest BCUT2D eigenvalue weighted by molar-refractivity contribution is 5.97. The second-order valence-corrected chi connectivity index (χ2v) is 5.23. The average Bonchev–Trinajstić information content (AvgIpc) is 2.34. The molecule has 0 N–H and O–H groups in total. The lowest BCUT2D eigenvalue weighted by atomic mass is 9.96. The molecule has 2 atom stereocenters. The molecule has 0 radical (unpaired) electrons. The maximum Gasteiger partial charge on any atom is 0.176 e. The number of Topliss-reactive ketones (excluding diaryl/α,β-unsaturated/α-hetero) is 1. The van der Waals surface area contributed by atoms with Crippen LogP contribution in [0.25, 0.3) is 0 Å². The molecule has 0 saturated carbocycles. The van der Waals surface area contributed by atoms with Gasteiger partial charge in [-0.1, -0.05) is 18.6 Å². The van der Waals surface area contributed by atoms with Crippen molar-refractivity contribution in [2.45, 2.75) is 45.2 Å². The first kappa shape index (κ1) is 13.2. The minimum atomic E-state index is -0.347. The van der Waals surface area contributed by atoms with Crippen molar-refractivity contribution in [3.05, 3.63) is 35.6 Å². The monoisotopic (exact) mass is 249 g/mol. The van der Waals surface area contributed by atoms with Crippen LogP contribution in [0.5, 0.6) is 0 Å². The van der Waals surface area contributed by atoms with Crippen LogP contribution in [0, 0.1) is 5.82 Å². The van der Waals surface area contributed by atoms with Crippen molar-refractivity contribution in [1.29, 1.82) is 0 Å². The lowest BCUT2D eigenvalue weighted by molar-refractivity contribution is 0.0734. The van der Waals surface area contributed by atoms with Gasteiger partial charge in [-0.25, -0.2) is 4.39 Å². The van der Waals surface area contributed by atoms with Crippen LogP contribution in [-0.2, 0) is 0 Å². The number of ketones is 1. The first-order valence-corrected chi connectivity index (χ1v) is 6.62. The van der Waals surface area contributed by atoms with Crippen LogP contribution in [0.1, 0.15) is 43.5 Å². The fourth-order valence-electron chi connectivity index (χ4n) is 2.71. The quantitative estimate of drug-likeness (QED) is 0.766. The molecule has 1 aliphatic heterocycles. The van der Waals surface area contributed by atoms with E-state index in [0.29, 0.717) is 24.2 Å². The van der Waals surface area contributed by atoms with Gasteiger partial charge >= 0.3 is 0 Å². The highest BCUT2D eigenvalue weighted by Gasteiger charge is 2.26. The maximum absolute atomic E-state index is 13.1. The number of nitrogens with zero attached hydrogens (tertiary/aromatic N) is 1. The van der Waals surface area contributed by atoms with Crippen LogP contribution >= 0.6 is 0 Å². The molecule has 1 aromatic carbocycles. The van der Waals surface area contributed by atoms with E-state index in [4.69, 9.17) is 0 Å². The van der Waals surface area contributed by atoms with E-state index in [1.165, 1.54) is 18.6 Å². The van der Waals surface area contributed by atoms with Gasteiger partial charge in [0, 0.05) is 17.6 Å². The zero-order chi connectivity index (χ0) is 13.1. The average molecular weight is 249 g/mol. The van der Waals surface area contributed by atoms with Gasteiger partial charge in [-0.3, -0.25) is 9.69 Å². The predicted molar refractivity (Wildman–Crippen MR) is 70.2 cm³/mol. The lowest BCUT2D eigenvalue weighted by Gasteiger charge is -2.38. The number of hydrogen-bond donors (Lipinski definition) is 0. The summed E-state index contributed by atoms with van der Waals surface area (Å²) in [5.41, 5.74) is 0.472. The van der Waals surface area contributed by atoms with Crippen molar-refractivity contribution in [3.63, 3.8) is 0 Å². The van der Waals surface area contributed by atoms with Gasteiger partial charge in [0.2, 0.25) is 0 Å². The van der Waals surface area contributed by atoms with Crippen molar-refractivity contribution in [2.75, 3.05) is 6.54 Å². The summed E-state index contributed by atoms with van der Waals surface area (Å²) < 4.78 is 13.1.